The van der Waals surface area contributed by atoms with Gasteiger partial charge in [-0.2, -0.15) is 5.10 Å². The second-order valence-corrected chi connectivity index (χ2v) is 6.26. The molecule has 2 rings (SSSR count). The second kappa shape index (κ2) is 5.82. The van der Waals surface area contributed by atoms with Gasteiger partial charge in [0.05, 0.1) is 16.3 Å². The molecule has 0 aliphatic carbocycles. The number of hydrogen-bond acceptors (Lipinski definition) is 4. The number of aromatic nitrogens is 2. The van der Waals surface area contributed by atoms with Crippen molar-refractivity contribution < 1.29 is 12.8 Å². The monoisotopic (exact) mass is 312 g/mol. The number of nitrogens with two attached hydrogens (primary N) is 1. The predicted octanol–water partition coefficient (Wildman–Crippen LogP) is 1.38. The Morgan fingerprint density at radius 1 is 1.43 bits per heavy atom. The second-order valence-electron chi connectivity index (χ2n) is 4.58. The highest BCUT2D eigenvalue weighted by atomic mass is 32.2. The van der Waals surface area contributed by atoms with Gasteiger partial charge in [0.1, 0.15) is 5.82 Å². The van der Waals surface area contributed by atoms with E-state index in [-0.39, 0.29) is 17.0 Å². The highest BCUT2D eigenvalue weighted by molar-refractivity contribution is 7.92. The smallest absolute Gasteiger partial charge is 0.262 e. The molecule has 2 aromatic rings. The zero-order valence-corrected chi connectivity index (χ0v) is 12.6. The van der Waals surface area contributed by atoms with Crippen molar-refractivity contribution in [1.82, 2.24) is 9.78 Å². The van der Waals surface area contributed by atoms with Gasteiger partial charge in [-0.25, -0.2) is 12.8 Å². The van der Waals surface area contributed by atoms with Crippen molar-refractivity contribution in [1.29, 1.82) is 0 Å². The van der Waals surface area contributed by atoms with Gasteiger partial charge in [0.25, 0.3) is 10.0 Å². The topological polar surface area (TPSA) is 90.0 Å². The first kappa shape index (κ1) is 15.5. The van der Waals surface area contributed by atoms with Crippen LogP contribution in [-0.2, 0) is 30.0 Å². The molecule has 3 N–H and O–H groups in total. The van der Waals surface area contributed by atoms with Gasteiger partial charge in [0.2, 0.25) is 0 Å². The number of nitrogens with one attached hydrogen (secondary N) is 1. The number of sulfonamides is 1. The summed E-state index contributed by atoms with van der Waals surface area (Å²) < 4.78 is 42.1. The van der Waals surface area contributed by atoms with Crippen LogP contribution >= 0.6 is 0 Å². The lowest BCUT2D eigenvalue weighted by Gasteiger charge is -2.09. The molecule has 0 aliphatic heterocycles. The average molecular weight is 312 g/mol. The van der Waals surface area contributed by atoms with Crippen molar-refractivity contribution in [3.8, 4) is 0 Å². The lowest BCUT2D eigenvalue weighted by atomic mass is 10.2. The zero-order valence-electron chi connectivity index (χ0n) is 11.8. The van der Waals surface area contributed by atoms with Crippen molar-refractivity contribution in [3.63, 3.8) is 0 Å². The Bertz CT molecular complexity index is 756. The first-order valence-electron chi connectivity index (χ1n) is 6.41. The Balaban J connectivity index is 2.38. The Kier molecular flexibility index (Phi) is 4.29. The molecular formula is C13H17FN4O2S. The zero-order chi connectivity index (χ0) is 15.6. The van der Waals surface area contributed by atoms with Crippen LogP contribution in [0.1, 0.15) is 18.2 Å². The number of aryl methyl sites for hydroxylation is 2. The maximum atomic E-state index is 13.4. The quantitative estimate of drug-likeness (QED) is 0.873. The Hall–Kier alpha value is -1.93. The summed E-state index contributed by atoms with van der Waals surface area (Å²) in [5, 5.41) is 4.16. The summed E-state index contributed by atoms with van der Waals surface area (Å²) in [7, 11) is -2.10. The first-order chi connectivity index (χ1) is 9.87. The molecule has 0 saturated carbocycles. The minimum Gasteiger partial charge on any atom is -0.326 e. The van der Waals surface area contributed by atoms with Crippen LogP contribution < -0.4 is 10.5 Å². The molecule has 6 nitrogen and oxygen atoms in total. The Morgan fingerprint density at radius 3 is 2.76 bits per heavy atom. The van der Waals surface area contributed by atoms with E-state index in [4.69, 9.17) is 5.73 Å². The molecule has 0 radical (unpaired) electrons. The summed E-state index contributed by atoms with van der Waals surface area (Å²) in [6.45, 7) is 1.81. The number of nitrogens with zero attached hydrogens (tertiary/aromatic N) is 2. The van der Waals surface area contributed by atoms with Gasteiger partial charge in [-0.1, -0.05) is 6.92 Å². The SMILES string of the molecule is CCc1nn(C)cc1NS(=O)(=O)c1ccc(F)c(CN)c1. The van der Waals surface area contributed by atoms with E-state index in [0.717, 1.165) is 6.07 Å². The molecule has 0 aliphatic rings. The number of rotatable bonds is 5. The largest absolute Gasteiger partial charge is 0.326 e. The molecule has 1 aromatic carbocycles. The molecular weight excluding hydrogens is 295 g/mol. The third-order valence-corrected chi connectivity index (χ3v) is 4.40. The van der Waals surface area contributed by atoms with E-state index in [2.05, 4.69) is 9.82 Å². The molecule has 114 valence electrons. The minimum atomic E-state index is -3.81. The van der Waals surface area contributed by atoms with Crippen molar-refractivity contribution >= 4 is 15.7 Å². The molecule has 8 heteroatoms. The highest BCUT2D eigenvalue weighted by Crippen LogP contribution is 2.21. The first-order valence-corrected chi connectivity index (χ1v) is 7.89. The molecule has 0 spiro atoms. The molecule has 0 unspecified atom stereocenters. The van der Waals surface area contributed by atoms with Crippen LogP contribution in [0.4, 0.5) is 10.1 Å². The van der Waals surface area contributed by atoms with Crippen LogP contribution in [0.5, 0.6) is 0 Å². The predicted molar refractivity (Wildman–Crippen MR) is 77.7 cm³/mol. The molecule has 21 heavy (non-hydrogen) atoms. The fourth-order valence-corrected chi connectivity index (χ4v) is 3.08. The van der Waals surface area contributed by atoms with Crippen molar-refractivity contribution in [2.24, 2.45) is 12.8 Å². The number of hydrogen-bond donors (Lipinski definition) is 2. The van der Waals surface area contributed by atoms with E-state index < -0.39 is 15.8 Å². The Morgan fingerprint density at radius 2 is 2.14 bits per heavy atom. The van der Waals surface area contributed by atoms with E-state index in [0.29, 0.717) is 17.8 Å². The van der Waals surface area contributed by atoms with Crippen LogP contribution in [-0.4, -0.2) is 18.2 Å². The molecule has 0 fully saturated rings. The van der Waals surface area contributed by atoms with Crippen LogP contribution in [0, 0.1) is 5.82 Å². The summed E-state index contributed by atoms with van der Waals surface area (Å²) in [4.78, 5) is -0.0322. The van der Waals surface area contributed by atoms with Gasteiger partial charge < -0.3 is 5.73 Å². The van der Waals surface area contributed by atoms with Crippen LogP contribution in [0.15, 0.2) is 29.3 Å². The summed E-state index contributed by atoms with van der Waals surface area (Å²) in [6.07, 6.45) is 2.18. The number of anilines is 1. The maximum Gasteiger partial charge on any atom is 0.262 e. The number of benzene rings is 1. The fraction of sp³-hybridized carbons (Fsp3) is 0.308. The van der Waals surface area contributed by atoms with E-state index in [9.17, 15) is 12.8 Å². The van der Waals surface area contributed by atoms with E-state index in [1.807, 2.05) is 6.92 Å². The maximum absolute atomic E-state index is 13.4. The lowest BCUT2D eigenvalue weighted by molar-refractivity contribution is 0.596. The highest BCUT2D eigenvalue weighted by Gasteiger charge is 2.18. The normalized spacial score (nSPS) is 11.6. The van der Waals surface area contributed by atoms with Gasteiger partial charge in [-0.3, -0.25) is 9.40 Å². The molecule has 0 amide bonds. The Labute approximate surface area is 122 Å². The lowest BCUT2D eigenvalue weighted by Crippen LogP contribution is -2.14. The molecule has 1 heterocycles. The summed E-state index contributed by atoms with van der Waals surface area (Å²) in [6, 6.07) is 3.54. The minimum absolute atomic E-state index is 0.0322. The van der Waals surface area contributed by atoms with Crippen molar-refractivity contribution in [3.05, 3.63) is 41.5 Å². The number of halogens is 1. The third kappa shape index (κ3) is 3.22. The van der Waals surface area contributed by atoms with Crippen molar-refractivity contribution in [2.75, 3.05) is 4.72 Å². The average Bonchev–Trinajstić information content (AvgIpc) is 2.78. The standard InChI is InChI=1S/C13H17FN4O2S/c1-3-12-13(8-18(2)16-12)17-21(19,20)10-4-5-11(14)9(6-10)7-15/h4-6,8,17H,3,7,15H2,1-2H3. The van der Waals surface area contributed by atoms with Crippen LogP contribution in [0.2, 0.25) is 0 Å². The van der Waals surface area contributed by atoms with E-state index in [1.54, 1.807) is 13.2 Å². The third-order valence-electron chi connectivity index (χ3n) is 3.03. The van der Waals surface area contributed by atoms with Crippen molar-refractivity contribution in [2.45, 2.75) is 24.8 Å². The van der Waals surface area contributed by atoms with Crippen LogP contribution in [0.3, 0.4) is 0 Å². The molecule has 0 bridgehead atoms. The summed E-state index contributed by atoms with van der Waals surface area (Å²) >= 11 is 0. The molecule has 1 aromatic heterocycles. The van der Waals surface area contributed by atoms with Crippen LogP contribution in [0.25, 0.3) is 0 Å². The summed E-state index contributed by atoms with van der Waals surface area (Å²) in [5.41, 5.74) is 6.60. The summed E-state index contributed by atoms with van der Waals surface area (Å²) in [5.74, 6) is -0.521. The molecule has 0 saturated heterocycles. The van der Waals surface area contributed by atoms with Gasteiger partial charge in [-0.15, -0.1) is 0 Å². The van der Waals surface area contributed by atoms with E-state index in [1.165, 1.54) is 16.8 Å². The van der Waals surface area contributed by atoms with Gasteiger partial charge in [0, 0.05) is 25.4 Å². The van der Waals surface area contributed by atoms with Gasteiger partial charge in [0.15, 0.2) is 0 Å². The van der Waals surface area contributed by atoms with Gasteiger partial charge >= 0.3 is 0 Å². The van der Waals surface area contributed by atoms with E-state index >= 15 is 0 Å². The molecule has 0 atom stereocenters. The van der Waals surface area contributed by atoms with Gasteiger partial charge in [-0.05, 0) is 24.6 Å². The fourth-order valence-electron chi connectivity index (χ4n) is 1.96.